The van der Waals surface area contributed by atoms with Crippen molar-refractivity contribution >= 4 is 11.1 Å². The van der Waals surface area contributed by atoms with E-state index in [0.717, 1.165) is 29.8 Å². The second-order valence-corrected chi connectivity index (χ2v) is 5.56. The Bertz CT molecular complexity index is 551. The van der Waals surface area contributed by atoms with E-state index in [9.17, 15) is 0 Å². The fourth-order valence-electron chi connectivity index (χ4n) is 2.82. The number of oxazole rings is 1. The Morgan fingerprint density at radius 2 is 1.89 bits per heavy atom. The van der Waals surface area contributed by atoms with Gasteiger partial charge in [0, 0.05) is 0 Å². The first-order valence-corrected chi connectivity index (χ1v) is 6.84. The molecule has 1 fully saturated rings. The van der Waals surface area contributed by atoms with Crippen molar-refractivity contribution in [1.29, 1.82) is 0 Å². The van der Waals surface area contributed by atoms with Gasteiger partial charge in [-0.3, -0.25) is 0 Å². The molecule has 1 heterocycles. The van der Waals surface area contributed by atoms with Crippen LogP contribution in [0.3, 0.4) is 0 Å². The van der Waals surface area contributed by atoms with Gasteiger partial charge in [0.05, 0.1) is 5.54 Å². The third-order valence-corrected chi connectivity index (χ3v) is 3.96. The first-order valence-electron chi connectivity index (χ1n) is 6.84. The molecule has 0 atom stereocenters. The predicted octanol–water partition coefficient (Wildman–Crippen LogP) is 3.64. The number of hydrogen-bond acceptors (Lipinski definition) is 3. The van der Waals surface area contributed by atoms with Crippen LogP contribution in [0, 0.1) is 6.92 Å². The van der Waals surface area contributed by atoms with Gasteiger partial charge in [-0.15, -0.1) is 0 Å². The van der Waals surface area contributed by atoms with Crippen molar-refractivity contribution in [3.05, 3.63) is 29.7 Å². The van der Waals surface area contributed by atoms with E-state index in [0.29, 0.717) is 0 Å². The van der Waals surface area contributed by atoms with E-state index in [2.05, 4.69) is 18.0 Å². The fraction of sp³-hybridized carbons (Fsp3) is 0.533. The molecule has 18 heavy (non-hydrogen) atoms. The second kappa shape index (κ2) is 4.39. The standard InChI is InChI=1S/C15H20N2O/c1-11-6-7-13-12(10-11)17-14(18-13)15(16)8-4-2-3-5-9-15/h6-7,10H,2-5,8-9,16H2,1H3. The smallest absolute Gasteiger partial charge is 0.215 e. The average molecular weight is 244 g/mol. The number of nitrogens with zero attached hydrogens (tertiary/aromatic N) is 1. The van der Waals surface area contributed by atoms with Crippen LogP contribution in [-0.4, -0.2) is 4.98 Å². The third-order valence-electron chi connectivity index (χ3n) is 3.96. The molecule has 3 rings (SSSR count). The van der Waals surface area contributed by atoms with E-state index in [1.807, 2.05) is 12.1 Å². The van der Waals surface area contributed by atoms with Crippen molar-refractivity contribution in [2.75, 3.05) is 0 Å². The number of fused-ring (bicyclic) bond motifs is 1. The highest BCUT2D eigenvalue weighted by Gasteiger charge is 2.33. The zero-order valence-corrected chi connectivity index (χ0v) is 10.9. The molecule has 0 radical (unpaired) electrons. The molecule has 2 aromatic rings. The molecular weight excluding hydrogens is 224 g/mol. The minimum atomic E-state index is -0.358. The Kier molecular flexibility index (Phi) is 2.86. The van der Waals surface area contributed by atoms with E-state index in [1.165, 1.54) is 31.2 Å². The van der Waals surface area contributed by atoms with Crippen molar-refractivity contribution in [1.82, 2.24) is 4.98 Å². The fourth-order valence-corrected chi connectivity index (χ4v) is 2.82. The number of rotatable bonds is 1. The maximum Gasteiger partial charge on any atom is 0.215 e. The van der Waals surface area contributed by atoms with Crippen LogP contribution in [0.15, 0.2) is 22.6 Å². The number of hydrogen-bond donors (Lipinski definition) is 1. The SMILES string of the molecule is Cc1ccc2oc(C3(N)CCCCCC3)nc2c1. The molecular formula is C15H20N2O. The van der Waals surface area contributed by atoms with E-state index in [-0.39, 0.29) is 5.54 Å². The maximum atomic E-state index is 6.53. The zero-order chi connectivity index (χ0) is 12.6. The summed E-state index contributed by atoms with van der Waals surface area (Å²) >= 11 is 0. The maximum absolute atomic E-state index is 6.53. The lowest BCUT2D eigenvalue weighted by molar-refractivity contribution is 0.301. The van der Waals surface area contributed by atoms with Gasteiger partial charge in [-0.05, 0) is 37.5 Å². The van der Waals surface area contributed by atoms with Gasteiger partial charge in [-0.2, -0.15) is 0 Å². The van der Waals surface area contributed by atoms with Crippen molar-refractivity contribution < 1.29 is 4.42 Å². The minimum Gasteiger partial charge on any atom is -0.439 e. The summed E-state index contributed by atoms with van der Waals surface area (Å²) in [5, 5.41) is 0. The molecule has 0 spiro atoms. The highest BCUT2D eigenvalue weighted by Crippen LogP contribution is 2.34. The van der Waals surface area contributed by atoms with Gasteiger partial charge in [-0.1, -0.05) is 31.7 Å². The Morgan fingerprint density at radius 1 is 1.17 bits per heavy atom. The molecule has 0 aliphatic heterocycles. The molecule has 1 aromatic heterocycles. The first kappa shape index (κ1) is 11.7. The zero-order valence-electron chi connectivity index (χ0n) is 10.9. The monoisotopic (exact) mass is 244 g/mol. The van der Waals surface area contributed by atoms with E-state index in [4.69, 9.17) is 10.2 Å². The van der Waals surface area contributed by atoms with Crippen LogP contribution < -0.4 is 5.73 Å². The largest absolute Gasteiger partial charge is 0.439 e. The van der Waals surface area contributed by atoms with E-state index in [1.54, 1.807) is 0 Å². The van der Waals surface area contributed by atoms with Crippen molar-refractivity contribution in [2.45, 2.75) is 51.0 Å². The summed E-state index contributed by atoms with van der Waals surface area (Å²) in [5.74, 6) is 0.727. The Morgan fingerprint density at radius 3 is 2.61 bits per heavy atom. The number of benzene rings is 1. The molecule has 96 valence electrons. The molecule has 1 saturated carbocycles. The van der Waals surface area contributed by atoms with Crippen LogP contribution in [0.1, 0.15) is 50.0 Å². The normalized spacial score (nSPS) is 19.9. The first-order chi connectivity index (χ1) is 8.67. The van der Waals surface area contributed by atoms with E-state index < -0.39 is 0 Å². The van der Waals surface area contributed by atoms with Crippen molar-refractivity contribution in [2.24, 2.45) is 5.73 Å². The average Bonchev–Trinajstić information content (AvgIpc) is 2.65. The molecule has 1 aliphatic rings. The van der Waals surface area contributed by atoms with E-state index >= 15 is 0 Å². The third kappa shape index (κ3) is 2.03. The molecule has 1 aliphatic carbocycles. The second-order valence-electron chi connectivity index (χ2n) is 5.56. The van der Waals surface area contributed by atoms with Crippen LogP contribution in [-0.2, 0) is 5.54 Å². The van der Waals surface area contributed by atoms with Gasteiger partial charge < -0.3 is 10.2 Å². The number of nitrogens with two attached hydrogens (primary N) is 1. The van der Waals surface area contributed by atoms with Crippen LogP contribution >= 0.6 is 0 Å². The summed E-state index contributed by atoms with van der Waals surface area (Å²) in [6, 6.07) is 6.09. The molecule has 2 N–H and O–H groups in total. The molecule has 0 saturated heterocycles. The lowest BCUT2D eigenvalue weighted by Gasteiger charge is -2.23. The van der Waals surface area contributed by atoms with Gasteiger partial charge in [0.25, 0.3) is 0 Å². The van der Waals surface area contributed by atoms with Gasteiger partial charge in [0.2, 0.25) is 5.89 Å². The molecule has 0 amide bonds. The Hall–Kier alpha value is -1.35. The lowest BCUT2D eigenvalue weighted by Crippen LogP contribution is -2.36. The summed E-state index contributed by atoms with van der Waals surface area (Å²) in [4.78, 5) is 4.62. The number of aryl methyl sites for hydroxylation is 1. The summed E-state index contributed by atoms with van der Waals surface area (Å²) in [6.07, 6.45) is 6.87. The number of aromatic nitrogens is 1. The van der Waals surface area contributed by atoms with Gasteiger partial charge in [0.1, 0.15) is 5.52 Å². The quantitative estimate of drug-likeness (QED) is 0.779. The highest BCUT2D eigenvalue weighted by molar-refractivity contribution is 5.73. The highest BCUT2D eigenvalue weighted by atomic mass is 16.4. The summed E-state index contributed by atoms with van der Waals surface area (Å²) in [5.41, 5.74) is 9.15. The molecule has 0 bridgehead atoms. The van der Waals surface area contributed by atoms with Crippen molar-refractivity contribution in [3.8, 4) is 0 Å². The topological polar surface area (TPSA) is 52.0 Å². The predicted molar refractivity (Wildman–Crippen MR) is 72.3 cm³/mol. The van der Waals surface area contributed by atoms with Crippen LogP contribution in [0.4, 0.5) is 0 Å². The molecule has 3 heteroatoms. The Balaban J connectivity index is 2.02. The summed E-state index contributed by atoms with van der Waals surface area (Å²) in [6.45, 7) is 2.07. The van der Waals surface area contributed by atoms with Gasteiger partial charge in [0.15, 0.2) is 5.58 Å². The van der Waals surface area contributed by atoms with Crippen LogP contribution in [0.2, 0.25) is 0 Å². The Labute approximate surface area is 107 Å². The van der Waals surface area contributed by atoms with Gasteiger partial charge >= 0.3 is 0 Å². The van der Waals surface area contributed by atoms with Crippen LogP contribution in [0.25, 0.3) is 11.1 Å². The van der Waals surface area contributed by atoms with Crippen molar-refractivity contribution in [3.63, 3.8) is 0 Å². The molecule has 1 aromatic carbocycles. The molecule has 3 nitrogen and oxygen atoms in total. The lowest BCUT2D eigenvalue weighted by atomic mass is 9.91. The summed E-state index contributed by atoms with van der Waals surface area (Å²) < 4.78 is 5.88. The minimum absolute atomic E-state index is 0.358. The van der Waals surface area contributed by atoms with Gasteiger partial charge in [-0.25, -0.2) is 4.98 Å². The van der Waals surface area contributed by atoms with Crippen LogP contribution in [0.5, 0.6) is 0 Å². The summed E-state index contributed by atoms with van der Waals surface area (Å²) in [7, 11) is 0. The molecule has 0 unspecified atom stereocenters.